The third-order valence-corrected chi connectivity index (χ3v) is 4.53. The number of methoxy groups -OCH3 is 1. The smallest absolute Gasteiger partial charge is 0.343 e. The molecule has 13 nitrogen and oxygen atoms in total. The van der Waals surface area contributed by atoms with Crippen LogP contribution in [0.3, 0.4) is 0 Å². The van der Waals surface area contributed by atoms with Gasteiger partial charge in [0, 0.05) is 18.2 Å². The van der Waals surface area contributed by atoms with E-state index in [0.717, 1.165) is 0 Å². The van der Waals surface area contributed by atoms with Crippen LogP contribution in [0, 0.1) is 20.2 Å². The summed E-state index contributed by atoms with van der Waals surface area (Å²) in [6.07, 6.45) is 1.30. The number of nitro benzene ring substituents is 2. The highest BCUT2D eigenvalue weighted by molar-refractivity contribution is 5.92. The van der Waals surface area contributed by atoms with Crippen molar-refractivity contribution in [2.24, 2.45) is 5.10 Å². The molecular weight excluding hydrogens is 476 g/mol. The molecule has 0 aliphatic rings. The van der Waals surface area contributed by atoms with Gasteiger partial charge < -0.3 is 14.2 Å². The molecule has 3 aromatic carbocycles. The Balaban J connectivity index is 1.58. The van der Waals surface area contributed by atoms with E-state index in [0.29, 0.717) is 5.56 Å². The van der Waals surface area contributed by atoms with E-state index in [1.165, 1.54) is 67.9 Å². The van der Waals surface area contributed by atoms with Gasteiger partial charge in [0.1, 0.15) is 0 Å². The lowest BCUT2D eigenvalue weighted by molar-refractivity contribution is -0.385. The van der Waals surface area contributed by atoms with Crippen molar-refractivity contribution in [3.63, 3.8) is 0 Å². The van der Waals surface area contributed by atoms with Gasteiger partial charge in [0.25, 0.3) is 11.6 Å². The fraction of sp³-hybridized carbons (Fsp3) is 0.0870. The highest BCUT2D eigenvalue weighted by Crippen LogP contribution is 2.29. The van der Waals surface area contributed by atoms with E-state index >= 15 is 0 Å². The lowest BCUT2D eigenvalue weighted by Gasteiger charge is -2.10. The monoisotopic (exact) mass is 494 g/mol. The van der Waals surface area contributed by atoms with Crippen molar-refractivity contribution in [2.75, 3.05) is 13.7 Å². The molecule has 0 fully saturated rings. The molecule has 3 rings (SSSR count). The predicted molar refractivity (Wildman–Crippen MR) is 125 cm³/mol. The number of nitro groups is 2. The second-order valence-corrected chi connectivity index (χ2v) is 6.91. The normalized spacial score (nSPS) is 10.5. The van der Waals surface area contributed by atoms with Gasteiger partial charge in [-0.05, 0) is 42.0 Å². The van der Waals surface area contributed by atoms with E-state index in [2.05, 4.69) is 10.5 Å². The van der Waals surface area contributed by atoms with Gasteiger partial charge in [-0.15, -0.1) is 0 Å². The average Bonchev–Trinajstić information content (AvgIpc) is 2.88. The number of nitrogens with one attached hydrogen (secondary N) is 1. The van der Waals surface area contributed by atoms with Gasteiger partial charge in [-0.3, -0.25) is 25.0 Å². The summed E-state index contributed by atoms with van der Waals surface area (Å²) in [4.78, 5) is 44.8. The molecule has 1 amide bonds. The van der Waals surface area contributed by atoms with Crippen LogP contribution < -0.4 is 19.6 Å². The van der Waals surface area contributed by atoms with Crippen molar-refractivity contribution < 1.29 is 33.6 Å². The number of esters is 1. The number of nitrogens with zero attached hydrogens (tertiary/aromatic N) is 3. The van der Waals surface area contributed by atoms with Crippen molar-refractivity contribution in [1.29, 1.82) is 0 Å². The molecule has 0 unspecified atom stereocenters. The number of rotatable bonds is 10. The summed E-state index contributed by atoms with van der Waals surface area (Å²) in [6, 6.07) is 15.1. The molecule has 0 aliphatic heterocycles. The van der Waals surface area contributed by atoms with Crippen LogP contribution in [-0.2, 0) is 4.79 Å². The maximum atomic E-state index is 12.3. The van der Waals surface area contributed by atoms with E-state index in [1.807, 2.05) is 0 Å². The Morgan fingerprint density at radius 3 is 2.33 bits per heavy atom. The minimum atomic E-state index is -0.740. The average molecular weight is 494 g/mol. The number of para-hydroxylation sites is 2. The van der Waals surface area contributed by atoms with Crippen LogP contribution in [0.15, 0.2) is 71.8 Å². The molecule has 1 N–H and O–H groups in total. The van der Waals surface area contributed by atoms with Crippen molar-refractivity contribution in [2.45, 2.75) is 0 Å². The van der Waals surface area contributed by atoms with Crippen LogP contribution in [-0.4, -0.2) is 41.7 Å². The third kappa shape index (κ3) is 6.60. The zero-order valence-corrected chi connectivity index (χ0v) is 18.7. The van der Waals surface area contributed by atoms with Crippen molar-refractivity contribution >= 4 is 29.5 Å². The molecule has 13 heteroatoms. The zero-order valence-electron chi connectivity index (χ0n) is 18.7. The Kier molecular flexibility index (Phi) is 8.22. The van der Waals surface area contributed by atoms with Gasteiger partial charge in [-0.25, -0.2) is 10.2 Å². The summed E-state index contributed by atoms with van der Waals surface area (Å²) >= 11 is 0. The number of hydrogen-bond donors (Lipinski definition) is 1. The zero-order chi connectivity index (χ0) is 26.1. The summed E-state index contributed by atoms with van der Waals surface area (Å²) in [6.45, 7) is -0.497. The van der Waals surface area contributed by atoms with E-state index in [9.17, 15) is 29.8 Å². The Labute approximate surface area is 203 Å². The number of carbonyl (C=O) groups is 2. The van der Waals surface area contributed by atoms with E-state index in [4.69, 9.17) is 14.2 Å². The topological polar surface area (TPSA) is 172 Å². The van der Waals surface area contributed by atoms with Gasteiger partial charge in [-0.1, -0.05) is 12.1 Å². The largest absolute Gasteiger partial charge is 0.493 e. The molecule has 0 heterocycles. The summed E-state index contributed by atoms with van der Waals surface area (Å²) in [5.74, 6) is -1.15. The molecule has 0 bridgehead atoms. The molecule has 3 aromatic rings. The third-order valence-electron chi connectivity index (χ3n) is 4.53. The summed E-state index contributed by atoms with van der Waals surface area (Å²) in [5, 5.41) is 25.5. The number of non-ortho nitro benzene ring substituents is 1. The molecule has 184 valence electrons. The lowest BCUT2D eigenvalue weighted by Crippen LogP contribution is -2.24. The minimum Gasteiger partial charge on any atom is -0.493 e. The highest BCUT2D eigenvalue weighted by atomic mass is 16.6. The number of ether oxygens (including phenoxy) is 3. The fourth-order valence-corrected chi connectivity index (χ4v) is 2.81. The van der Waals surface area contributed by atoms with Crippen LogP contribution in [0.4, 0.5) is 11.4 Å². The van der Waals surface area contributed by atoms with Crippen molar-refractivity contribution in [3.8, 4) is 17.2 Å². The molecule has 0 atom stereocenters. The van der Waals surface area contributed by atoms with Crippen LogP contribution in [0.2, 0.25) is 0 Å². The number of hydrogen-bond acceptors (Lipinski definition) is 10. The summed E-state index contributed by atoms with van der Waals surface area (Å²) in [7, 11) is 1.36. The predicted octanol–water partition coefficient (Wildman–Crippen LogP) is 3.26. The molecule has 0 aromatic heterocycles. The molecule has 0 radical (unpaired) electrons. The second-order valence-electron chi connectivity index (χ2n) is 6.91. The van der Waals surface area contributed by atoms with Gasteiger partial charge in [0.05, 0.1) is 28.7 Å². The Hall–Kier alpha value is -5.33. The number of hydrazone groups is 1. The molecular formula is C23H18N4O9. The van der Waals surface area contributed by atoms with Crippen LogP contribution in [0.5, 0.6) is 17.2 Å². The van der Waals surface area contributed by atoms with Crippen molar-refractivity contribution in [1.82, 2.24) is 5.43 Å². The van der Waals surface area contributed by atoms with E-state index in [1.54, 1.807) is 12.1 Å². The Morgan fingerprint density at radius 2 is 1.67 bits per heavy atom. The maximum absolute atomic E-state index is 12.3. The van der Waals surface area contributed by atoms with Gasteiger partial charge in [0.15, 0.2) is 23.9 Å². The lowest BCUT2D eigenvalue weighted by atomic mass is 10.2. The quantitative estimate of drug-likeness (QED) is 0.146. The summed E-state index contributed by atoms with van der Waals surface area (Å²) in [5.41, 5.74) is 2.40. The van der Waals surface area contributed by atoms with E-state index < -0.39 is 28.3 Å². The SMILES string of the molecule is COc1cc(C=NNC(=O)COc2ccccc2[N+](=O)[O-])ccc1OC(=O)c1ccc([N+](=O)[O-])cc1. The minimum absolute atomic E-state index is 0.0507. The molecule has 36 heavy (non-hydrogen) atoms. The first kappa shape index (κ1) is 25.3. The molecule has 0 aliphatic carbocycles. The first-order chi connectivity index (χ1) is 17.3. The Bertz CT molecular complexity index is 1320. The Morgan fingerprint density at radius 1 is 0.944 bits per heavy atom. The number of benzene rings is 3. The molecule has 0 saturated carbocycles. The highest BCUT2D eigenvalue weighted by Gasteiger charge is 2.16. The van der Waals surface area contributed by atoms with Crippen molar-refractivity contribution in [3.05, 3.63) is 98.1 Å². The fourth-order valence-electron chi connectivity index (χ4n) is 2.81. The summed E-state index contributed by atoms with van der Waals surface area (Å²) < 4.78 is 15.7. The molecule has 0 saturated heterocycles. The first-order valence-corrected chi connectivity index (χ1v) is 10.1. The number of amides is 1. The second kappa shape index (κ2) is 11.7. The number of carbonyl (C=O) groups excluding carboxylic acids is 2. The van der Waals surface area contributed by atoms with Gasteiger partial charge >= 0.3 is 11.7 Å². The van der Waals surface area contributed by atoms with E-state index in [-0.39, 0.29) is 34.2 Å². The van der Waals surface area contributed by atoms with Crippen LogP contribution in [0.1, 0.15) is 15.9 Å². The molecule has 0 spiro atoms. The van der Waals surface area contributed by atoms with Crippen LogP contribution >= 0.6 is 0 Å². The van der Waals surface area contributed by atoms with Crippen LogP contribution in [0.25, 0.3) is 0 Å². The maximum Gasteiger partial charge on any atom is 0.343 e. The van der Waals surface area contributed by atoms with Gasteiger partial charge in [0.2, 0.25) is 0 Å². The first-order valence-electron chi connectivity index (χ1n) is 10.1. The standard InChI is InChI=1S/C23H18N4O9/c1-34-21-12-15(6-11-20(21)36-23(29)16-7-9-17(10-8-16)26(30)31)13-24-25-22(28)14-35-19-5-3-2-4-18(19)27(32)33/h2-13H,14H2,1H3,(H,25,28). The van der Waals surface area contributed by atoms with Gasteiger partial charge in [-0.2, -0.15) is 5.10 Å².